The van der Waals surface area contributed by atoms with Gasteiger partial charge in [0.1, 0.15) is 0 Å². The third-order valence-corrected chi connectivity index (χ3v) is 3.18. The van der Waals surface area contributed by atoms with E-state index in [0.717, 1.165) is 12.0 Å². The molecule has 0 heterocycles. The SMILES string of the molecule is CCC(C)(C)OC(c1ccc(C)cc1)C(C)N. The van der Waals surface area contributed by atoms with Crippen molar-refractivity contribution in [1.82, 2.24) is 0 Å². The van der Waals surface area contributed by atoms with Crippen molar-refractivity contribution in [1.29, 1.82) is 0 Å². The summed E-state index contributed by atoms with van der Waals surface area (Å²) in [5, 5.41) is 0. The van der Waals surface area contributed by atoms with Gasteiger partial charge < -0.3 is 10.5 Å². The normalized spacial score (nSPS) is 15.6. The molecule has 0 bridgehead atoms. The molecule has 0 fully saturated rings. The van der Waals surface area contributed by atoms with E-state index >= 15 is 0 Å². The molecule has 0 aliphatic heterocycles. The Hall–Kier alpha value is -0.860. The monoisotopic (exact) mass is 235 g/mol. The lowest BCUT2D eigenvalue weighted by atomic mass is 10.00. The Balaban J connectivity index is 2.90. The van der Waals surface area contributed by atoms with Crippen LogP contribution in [0.25, 0.3) is 0 Å². The molecule has 1 aromatic rings. The highest BCUT2D eigenvalue weighted by Crippen LogP contribution is 2.28. The fraction of sp³-hybridized carbons (Fsp3) is 0.600. The van der Waals surface area contributed by atoms with Crippen molar-refractivity contribution in [2.24, 2.45) is 5.73 Å². The van der Waals surface area contributed by atoms with Gasteiger partial charge in [0.05, 0.1) is 11.7 Å². The molecule has 96 valence electrons. The molecule has 0 aliphatic rings. The van der Waals surface area contributed by atoms with Crippen LogP contribution < -0.4 is 5.73 Å². The Labute approximate surface area is 105 Å². The van der Waals surface area contributed by atoms with Gasteiger partial charge in [-0.2, -0.15) is 0 Å². The molecule has 17 heavy (non-hydrogen) atoms. The van der Waals surface area contributed by atoms with Crippen molar-refractivity contribution in [3.05, 3.63) is 35.4 Å². The molecule has 2 heteroatoms. The van der Waals surface area contributed by atoms with Gasteiger partial charge in [0.2, 0.25) is 0 Å². The molecule has 0 aromatic heterocycles. The van der Waals surface area contributed by atoms with E-state index in [-0.39, 0.29) is 17.7 Å². The van der Waals surface area contributed by atoms with Gasteiger partial charge in [0.15, 0.2) is 0 Å². The Morgan fingerprint density at radius 1 is 1.24 bits per heavy atom. The Morgan fingerprint density at radius 2 is 1.76 bits per heavy atom. The molecule has 0 spiro atoms. The molecule has 1 rings (SSSR count). The number of aryl methyl sites for hydroxylation is 1. The minimum absolute atomic E-state index is 0.0106. The third-order valence-electron chi connectivity index (χ3n) is 3.18. The van der Waals surface area contributed by atoms with Crippen LogP contribution in [0.5, 0.6) is 0 Å². The highest BCUT2D eigenvalue weighted by Gasteiger charge is 2.25. The summed E-state index contributed by atoms with van der Waals surface area (Å²) in [4.78, 5) is 0. The zero-order valence-electron chi connectivity index (χ0n) is 11.7. The topological polar surface area (TPSA) is 35.2 Å². The fourth-order valence-electron chi connectivity index (χ4n) is 1.66. The first-order chi connectivity index (χ1) is 7.85. The van der Waals surface area contributed by atoms with Gasteiger partial charge in [0.25, 0.3) is 0 Å². The summed E-state index contributed by atoms with van der Waals surface area (Å²) in [6.07, 6.45) is 0.938. The van der Waals surface area contributed by atoms with Crippen molar-refractivity contribution in [3.8, 4) is 0 Å². The zero-order chi connectivity index (χ0) is 13.1. The van der Waals surface area contributed by atoms with Crippen LogP contribution >= 0.6 is 0 Å². The van der Waals surface area contributed by atoms with Crippen LogP contribution in [0.2, 0.25) is 0 Å². The Morgan fingerprint density at radius 3 is 2.18 bits per heavy atom. The summed E-state index contributed by atoms with van der Waals surface area (Å²) in [5.41, 5.74) is 8.32. The molecule has 1 aromatic carbocycles. The predicted octanol–water partition coefficient (Wildman–Crippen LogP) is 3.59. The third kappa shape index (κ3) is 4.14. The van der Waals surface area contributed by atoms with Gasteiger partial charge in [-0.25, -0.2) is 0 Å². The Kier molecular flexibility index (Phi) is 4.72. The molecular weight excluding hydrogens is 210 g/mol. The number of benzene rings is 1. The maximum atomic E-state index is 6.15. The van der Waals surface area contributed by atoms with Crippen molar-refractivity contribution in [3.63, 3.8) is 0 Å². The van der Waals surface area contributed by atoms with Gasteiger partial charge in [-0.15, -0.1) is 0 Å². The van der Waals surface area contributed by atoms with Gasteiger partial charge in [-0.3, -0.25) is 0 Å². The average molecular weight is 235 g/mol. The molecule has 2 nitrogen and oxygen atoms in total. The molecule has 0 saturated heterocycles. The van der Waals surface area contributed by atoms with E-state index in [4.69, 9.17) is 10.5 Å². The first kappa shape index (κ1) is 14.2. The standard InChI is InChI=1S/C15H25NO/c1-6-15(4,5)17-14(12(3)16)13-9-7-11(2)8-10-13/h7-10,12,14H,6,16H2,1-5H3. The molecule has 0 aliphatic carbocycles. The summed E-state index contributed by atoms with van der Waals surface area (Å²) >= 11 is 0. The second-order valence-corrected chi connectivity index (χ2v) is 5.42. The van der Waals surface area contributed by atoms with Gasteiger partial charge >= 0.3 is 0 Å². The van der Waals surface area contributed by atoms with E-state index in [1.165, 1.54) is 5.56 Å². The second-order valence-electron chi connectivity index (χ2n) is 5.42. The van der Waals surface area contributed by atoms with E-state index in [0.29, 0.717) is 0 Å². The highest BCUT2D eigenvalue weighted by atomic mass is 16.5. The number of hydrogen-bond donors (Lipinski definition) is 1. The molecule has 0 radical (unpaired) electrons. The van der Waals surface area contributed by atoms with Crippen molar-refractivity contribution in [2.45, 2.75) is 58.8 Å². The number of ether oxygens (including phenoxy) is 1. The van der Waals surface area contributed by atoms with E-state index in [1.54, 1.807) is 0 Å². The smallest absolute Gasteiger partial charge is 0.0980 e. The maximum Gasteiger partial charge on any atom is 0.0980 e. The minimum atomic E-state index is -0.136. The molecular formula is C15H25NO. The van der Waals surface area contributed by atoms with E-state index in [1.807, 2.05) is 6.92 Å². The molecule has 2 N–H and O–H groups in total. The maximum absolute atomic E-state index is 6.15. The second kappa shape index (κ2) is 5.65. The molecule has 2 unspecified atom stereocenters. The van der Waals surface area contributed by atoms with Gasteiger partial charge in [0, 0.05) is 6.04 Å². The number of rotatable bonds is 5. The molecule has 2 atom stereocenters. The van der Waals surface area contributed by atoms with Crippen LogP contribution in [0.4, 0.5) is 0 Å². The van der Waals surface area contributed by atoms with Crippen LogP contribution in [0, 0.1) is 6.92 Å². The van der Waals surface area contributed by atoms with Crippen LogP contribution in [-0.2, 0) is 4.74 Å². The Bertz CT molecular complexity index is 340. The first-order valence-electron chi connectivity index (χ1n) is 6.35. The highest BCUT2D eigenvalue weighted by molar-refractivity contribution is 5.24. The summed E-state index contributed by atoms with van der Waals surface area (Å²) in [6.45, 7) is 10.4. The minimum Gasteiger partial charge on any atom is -0.366 e. The summed E-state index contributed by atoms with van der Waals surface area (Å²) in [7, 11) is 0. The summed E-state index contributed by atoms with van der Waals surface area (Å²) < 4.78 is 6.15. The van der Waals surface area contributed by atoms with Crippen molar-refractivity contribution >= 4 is 0 Å². The van der Waals surface area contributed by atoms with E-state index in [2.05, 4.69) is 52.0 Å². The van der Waals surface area contributed by atoms with Crippen LogP contribution in [-0.4, -0.2) is 11.6 Å². The van der Waals surface area contributed by atoms with Crippen molar-refractivity contribution < 1.29 is 4.74 Å². The molecule has 0 saturated carbocycles. The van der Waals surface area contributed by atoms with Gasteiger partial charge in [-0.05, 0) is 39.7 Å². The van der Waals surface area contributed by atoms with E-state index < -0.39 is 0 Å². The van der Waals surface area contributed by atoms with E-state index in [9.17, 15) is 0 Å². The first-order valence-corrected chi connectivity index (χ1v) is 6.35. The largest absolute Gasteiger partial charge is 0.366 e. The average Bonchev–Trinajstić information content (AvgIpc) is 2.27. The summed E-state index contributed by atoms with van der Waals surface area (Å²) in [5.74, 6) is 0. The van der Waals surface area contributed by atoms with Gasteiger partial charge in [-0.1, -0.05) is 36.8 Å². The lowest BCUT2D eigenvalue weighted by molar-refractivity contribution is -0.0833. The van der Waals surface area contributed by atoms with Crippen LogP contribution in [0.15, 0.2) is 24.3 Å². The quantitative estimate of drug-likeness (QED) is 0.846. The summed E-state index contributed by atoms with van der Waals surface area (Å²) in [6, 6.07) is 8.41. The number of hydrogen-bond acceptors (Lipinski definition) is 2. The predicted molar refractivity (Wildman–Crippen MR) is 73.0 cm³/mol. The lowest BCUT2D eigenvalue weighted by Gasteiger charge is -2.32. The van der Waals surface area contributed by atoms with Crippen LogP contribution in [0.1, 0.15) is 51.3 Å². The fourth-order valence-corrected chi connectivity index (χ4v) is 1.66. The van der Waals surface area contributed by atoms with Crippen molar-refractivity contribution in [2.75, 3.05) is 0 Å². The number of nitrogens with two attached hydrogens (primary N) is 1. The lowest BCUT2D eigenvalue weighted by Crippen LogP contribution is -2.34. The van der Waals surface area contributed by atoms with Crippen LogP contribution in [0.3, 0.4) is 0 Å². The zero-order valence-corrected chi connectivity index (χ0v) is 11.7. The molecule has 0 amide bonds.